The summed E-state index contributed by atoms with van der Waals surface area (Å²) in [6, 6.07) is 8.56. The van der Waals surface area contributed by atoms with Crippen LogP contribution >= 0.6 is 0 Å². The molecule has 98 valence electrons. The van der Waals surface area contributed by atoms with E-state index < -0.39 is 0 Å². The Morgan fingerprint density at radius 1 is 1.44 bits per heavy atom. The van der Waals surface area contributed by atoms with Crippen molar-refractivity contribution in [2.45, 2.75) is 32.4 Å². The van der Waals surface area contributed by atoms with Gasteiger partial charge in [0, 0.05) is 31.7 Å². The second-order valence-corrected chi connectivity index (χ2v) is 4.88. The molecule has 0 bridgehead atoms. The molecule has 1 aromatic carbocycles. The summed E-state index contributed by atoms with van der Waals surface area (Å²) in [5.41, 5.74) is 7.89. The molecule has 4 nitrogen and oxygen atoms in total. The summed E-state index contributed by atoms with van der Waals surface area (Å²) >= 11 is 0. The maximum absolute atomic E-state index is 10.9. The first-order valence-corrected chi connectivity index (χ1v) is 6.49. The van der Waals surface area contributed by atoms with Crippen LogP contribution in [-0.4, -0.2) is 29.9 Å². The Bertz CT molecular complexity index is 402. The fourth-order valence-corrected chi connectivity index (χ4v) is 2.50. The Morgan fingerprint density at radius 3 is 2.78 bits per heavy atom. The first kappa shape index (κ1) is 13.1. The Kier molecular flexibility index (Phi) is 4.33. The number of nitrogens with one attached hydrogen (secondary N) is 1. The lowest BCUT2D eigenvalue weighted by Gasteiger charge is -2.23. The number of hydrogen-bond acceptors (Lipinski definition) is 3. The van der Waals surface area contributed by atoms with Crippen molar-refractivity contribution < 1.29 is 4.79 Å². The van der Waals surface area contributed by atoms with Crippen LogP contribution in [0.25, 0.3) is 0 Å². The quantitative estimate of drug-likeness (QED) is 0.849. The van der Waals surface area contributed by atoms with Gasteiger partial charge in [0.1, 0.15) is 0 Å². The van der Waals surface area contributed by atoms with Crippen molar-refractivity contribution >= 4 is 11.6 Å². The lowest BCUT2D eigenvalue weighted by molar-refractivity contribution is -0.114. The third-order valence-electron chi connectivity index (χ3n) is 3.43. The second kappa shape index (κ2) is 5.98. The van der Waals surface area contributed by atoms with Gasteiger partial charge in [0.2, 0.25) is 5.91 Å². The fourth-order valence-electron chi connectivity index (χ4n) is 2.50. The van der Waals surface area contributed by atoms with E-state index in [2.05, 4.69) is 22.3 Å². The maximum atomic E-state index is 10.9. The number of nitrogens with two attached hydrogens (primary N) is 1. The largest absolute Gasteiger partial charge is 0.329 e. The van der Waals surface area contributed by atoms with Gasteiger partial charge in [0.25, 0.3) is 0 Å². The first-order chi connectivity index (χ1) is 8.69. The van der Waals surface area contributed by atoms with Crippen LogP contribution < -0.4 is 11.1 Å². The molecular formula is C14H21N3O. The number of carbonyl (C=O) groups excluding carboxylic acids is 1. The Hall–Kier alpha value is -1.39. The molecule has 1 atom stereocenters. The van der Waals surface area contributed by atoms with Crippen molar-refractivity contribution in [3.05, 3.63) is 29.8 Å². The van der Waals surface area contributed by atoms with Gasteiger partial charge in [0.05, 0.1) is 0 Å². The van der Waals surface area contributed by atoms with Crippen LogP contribution in [0.5, 0.6) is 0 Å². The predicted molar refractivity (Wildman–Crippen MR) is 73.2 cm³/mol. The van der Waals surface area contributed by atoms with Gasteiger partial charge in [-0.1, -0.05) is 12.1 Å². The van der Waals surface area contributed by atoms with Crippen LogP contribution in [0.15, 0.2) is 24.3 Å². The smallest absolute Gasteiger partial charge is 0.221 e. The van der Waals surface area contributed by atoms with Crippen molar-refractivity contribution in [2.75, 3.05) is 18.4 Å². The minimum absolute atomic E-state index is 0.0366. The molecular weight excluding hydrogens is 226 g/mol. The van der Waals surface area contributed by atoms with Gasteiger partial charge in [-0.15, -0.1) is 0 Å². The monoisotopic (exact) mass is 247 g/mol. The molecule has 0 spiro atoms. The maximum Gasteiger partial charge on any atom is 0.221 e. The van der Waals surface area contributed by atoms with Crippen molar-refractivity contribution in [1.29, 1.82) is 0 Å². The number of amides is 1. The molecule has 1 aliphatic heterocycles. The highest BCUT2D eigenvalue weighted by molar-refractivity contribution is 5.88. The van der Waals surface area contributed by atoms with Crippen LogP contribution in [0.4, 0.5) is 5.69 Å². The number of nitrogens with zero attached hydrogens (tertiary/aromatic N) is 1. The normalized spacial score (nSPS) is 20.0. The van der Waals surface area contributed by atoms with Gasteiger partial charge >= 0.3 is 0 Å². The average Bonchev–Trinajstić information content (AvgIpc) is 2.78. The molecule has 4 heteroatoms. The second-order valence-electron chi connectivity index (χ2n) is 4.88. The molecule has 1 aromatic rings. The van der Waals surface area contributed by atoms with Crippen LogP contribution in [0.1, 0.15) is 25.3 Å². The van der Waals surface area contributed by atoms with Crippen LogP contribution in [-0.2, 0) is 11.3 Å². The van der Waals surface area contributed by atoms with E-state index in [1.165, 1.54) is 25.3 Å². The molecule has 18 heavy (non-hydrogen) atoms. The molecule has 0 aliphatic carbocycles. The van der Waals surface area contributed by atoms with E-state index in [1.807, 2.05) is 12.1 Å². The van der Waals surface area contributed by atoms with Gasteiger partial charge < -0.3 is 11.1 Å². The van der Waals surface area contributed by atoms with Gasteiger partial charge in [0.15, 0.2) is 0 Å². The molecule has 1 unspecified atom stereocenters. The zero-order chi connectivity index (χ0) is 13.0. The van der Waals surface area contributed by atoms with Gasteiger partial charge in [-0.3, -0.25) is 9.69 Å². The molecule has 0 aromatic heterocycles. The zero-order valence-corrected chi connectivity index (χ0v) is 10.9. The fraction of sp³-hybridized carbons (Fsp3) is 0.500. The highest BCUT2D eigenvalue weighted by atomic mass is 16.1. The van der Waals surface area contributed by atoms with E-state index >= 15 is 0 Å². The number of hydrogen-bond donors (Lipinski definition) is 2. The van der Waals surface area contributed by atoms with Crippen molar-refractivity contribution in [1.82, 2.24) is 4.90 Å². The molecule has 1 aliphatic rings. The Balaban J connectivity index is 1.95. The average molecular weight is 247 g/mol. The van der Waals surface area contributed by atoms with Gasteiger partial charge in [-0.2, -0.15) is 0 Å². The van der Waals surface area contributed by atoms with Crippen molar-refractivity contribution in [2.24, 2.45) is 5.73 Å². The number of carbonyl (C=O) groups is 1. The molecule has 0 saturated carbocycles. The Morgan fingerprint density at radius 2 is 2.17 bits per heavy atom. The molecule has 2 rings (SSSR count). The molecule has 1 fully saturated rings. The van der Waals surface area contributed by atoms with E-state index in [1.54, 1.807) is 0 Å². The molecule has 1 heterocycles. The number of rotatable bonds is 4. The number of anilines is 1. The molecule has 3 N–H and O–H groups in total. The summed E-state index contributed by atoms with van der Waals surface area (Å²) in [5, 5.41) is 2.77. The summed E-state index contributed by atoms with van der Waals surface area (Å²) in [6.07, 6.45) is 2.45. The molecule has 0 radical (unpaired) electrons. The molecule has 1 amide bonds. The van der Waals surface area contributed by atoms with Crippen molar-refractivity contribution in [3.63, 3.8) is 0 Å². The molecule has 1 saturated heterocycles. The SMILES string of the molecule is CC(=O)Nc1ccc(CN2CCCC2CN)cc1. The van der Waals surface area contributed by atoms with E-state index in [4.69, 9.17) is 5.73 Å². The van der Waals surface area contributed by atoms with Crippen LogP contribution in [0, 0.1) is 0 Å². The third-order valence-corrected chi connectivity index (χ3v) is 3.43. The third kappa shape index (κ3) is 3.31. The van der Waals surface area contributed by atoms with E-state index in [0.29, 0.717) is 6.04 Å². The lowest BCUT2D eigenvalue weighted by Crippen LogP contribution is -2.34. The summed E-state index contributed by atoms with van der Waals surface area (Å²) in [7, 11) is 0. The number of likely N-dealkylation sites (tertiary alicyclic amines) is 1. The van der Waals surface area contributed by atoms with E-state index in [0.717, 1.165) is 25.3 Å². The highest BCUT2D eigenvalue weighted by Gasteiger charge is 2.22. The summed E-state index contributed by atoms with van der Waals surface area (Å²) in [4.78, 5) is 13.4. The first-order valence-electron chi connectivity index (χ1n) is 6.49. The van der Waals surface area contributed by atoms with E-state index in [-0.39, 0.29) is 5.91 Å². The van der Waals surface area contributed by atoms with Gasteiger partial charge in [-0.25, -0.2) is 0 Å². The van der Waals surface area contributed by atoms with Crippen molar-refractivity contribution in [3.8, 4) is 0 Å². The zero-order valence-electron chi connectivity index (χ0n) is 10.9. The highest BCUT2D eigenvalue weighted by Crippen LogP contribution is 2.20. The van der Waals surface area contributed by atoms with Crippen LogP contribution in [0.3, 0.4) is 0 Å². The van der Waals surface area contributed by atoms with E-state index in [9.17, 15) is 4.79 Å². The topological polar surface area (TPSA) is 58.4 Å². The lowest BCUT2D eigenvalue weighted by atomic mass is 10.1. The summed E-state index contributed by atoms with van der Waals surface area (Å²) in [6.45, 7) is 4.34. The number of benzene rings is 1. The Labute approximate surface area is 108 Å². The summed E-state index contributed by atoms with van der Waals surface area (Å²) < 4.78 is 0. The minimum atomic E-state index is -0.0366. The van der Waals surface area contributed by atoms with Gasteiger partial charge in [-0.05, 0) is 37.1 Å². The summed E-state index contributed by atoms with van der Waals surface area (Å²) in [5.74, 6) is -0.0366. The predicted octanol–water partition coefficient (Wildman–Crippen LogP) is 1.57. The van der Waals surface area contributed by atoms with Crippen LogP contribution in [0.2, 0.25) is 0 Å². The standard InChI is InChI=1S/C14H21N3O/c1-11(18)16-13-6-4-12(5-7-13)10-17-8-2-3-14(17)9-15/h4-7,14H,2-3,8-10,15H2,1H3,(H,16,18). The minimum Gasteiger partial charge on any atom is -0.329 e.